The van der Waals surface area contributed by atoms with Gasteiger partial charge in [-0.1, -0.05) is 51.1 Å². The van der Waals surface area contributed by atoms with Crippen molar-refractivity contribution in [1.29, 1.82) is 0 Å². The van der Waals surface area contributed by atoms with Crippen LogP contribution in [-0.2, 0) is 5.41 Å². The second-order valence-corrected chi connectivity index (χ2v) is 9.40. The van der Waals surface area contributed by atoms with Gasteiger partial charge < -0.3 is 9.15 Å². The molecule has 10 heteroatoms. The molecule has 5 aromatic rings. The Morgan fingerprint density at radius 3 is 2.57 bits per heavy atom. The molecule has 0 fully saturated rings. The normalized spacial score (nSPS) is 15.0. The summed E-state index contributed by atoms with van der Waals surface area (Å²) in [7, 11) is 0. The van der Waals surface area contributed by atoms with Crippen molar-refractivity contribution in [3.63, 3.8) is 0 Å². The maximum absolute atomic E-state index is 13.4. The van der Waals surface area contributed by atoms with Crippen LogP contribution in [0.15, 0.2) is 64.1 Å². The van der Waals surface area contributed by atoms with Crippen molar-refractivity contribution in [1.82, 2.24) is 19.6 Å². The fourth-order valence-electron chi connectivity index (χ4n) is 4.46. The van der Waals surface area contributed by atoms with Gasteiger partial charge in [-0.25, -0.2) is 19.3 Å². The van der Waals surface area contributed by atoms with E-state index >= 15 is 0 Å². The average Bonchev–Trinajstić information content (AvgIpc) is 3.28. The molecule has 6 rings (SSSR count). The number of nitro benzene ring substituents is 1. The van der Waals surface area contributed by atoms with Crippen molar-refractivity contribution in [3.8, 4) is 11.6 Å². The maximum atomic E-state index is 13.4. The number of nitro groups is 1. The van der Waals surface area contributed by atoms with E-state index in [9.17, 15) is 14.9 Å². The molecular weight excluding hydrogens is 450 g/mol. The van der Waals surface area contributed by atoms with Gasteiger partial charge in [0.25, 0.3) is 5.69 Å². The van der Waals surface area contributed by atoms with Gasteiger partial charge in [0.15, 0.2) is 17.2 Å². The van der Waals surface area contributed by atoms with Gasteiger partial charge in [0, 0.05) is 17.0 Å². The van der Waals surface area contributed by atoms with Crippen LogP contribution >= 0.6 is 0 Å². The van der Waals surface area contributed by atoms with Crippen molar-refractivity contribution >= 4 is 22.3 Å². The Morgan fingerprint density at radius 2 is 1.80 bits per heavy atom. The molecule has 1 atom stereocenters. The Bertz CT molecular complexity index is 1730. The lowest BCUT2D eigenvalue weighted by molar-refractivity contribution is -0.385. The first-order valence-electron chi connectivity index (χ1n) is 11.0. The summed E-state index contributed by atoms with van der Waals surface area (Å²) in [5.41, 5.74) is 0.476. The highest BCUT2D eigenvalue weighted by Crippen LogP contribution is 2.50. The zero-order valence-electron chi connectivity index (χ0n) is 19.1. The first-order chi connectivity index (χ1) is 16.7. The summed E-state index contributed by atoms with van der Waals surface area (Å²) in [6.45, 7) is 5.94. The fraction of sp³-hybridized carbons (Fsp3) is 0.200. The van der Waals surface area contributed by atoms with Gasteiger partial charge in [0.1, 0.15) is 11.9 Å². The van der Waals surface area contributed by atoms with Crippen molar-refractivity contribution in [3.05, 3.63) is 97.9 Å². The summed E-state index contributed by atoms with van der Waals surface area (Å²) in [5.74, 6) is 0.117. The average molecular weight is 469 g/mol. The standard InChI is InChI=1S/C25H19N5O5/c1-25(2,3)24-27-21-19-17(13-8-4-6-10-15(13)30(32)33)18-20(35-22(19)26-12-29(21)28-24)14-9-5-7-11-16(14)34-23(18)31/h4-12,17H,1-3H3. The summed E-state index contributed by atoms with van der Waals surface area (Å²) < 4.78 is 13.3. The molecule has 0 aliphatic carbocycles. The number of hydrogen-bond acceptors (Lipinski definition) is 8. The molecule has 35 heavy (non-hydrogen) atoms. The molecule has 0 amide bonds. The van der Waals surface area contributed by atoms with Crippen molar-refractivity contribution in [2.75, 3.05) is 0 Å². The SMILES string of the molecule is CC(C)(C)c1nc2c3c(ncn2n1)Oc1c(c(=O)oc2ccccc12)C3c1ccccc1[N+](=O)[O-]. The summed E-state index contributed by atoms with van der Waals surface area (Å²) in [4.78, 5) is 34.1. The second-order valence-electron chi connectivity index (χ2n) is 9.40. The zero-order chi connectivity index (χ0) is 24.5. The van der Waals surface area contributed by atoms with E-state index in [0.29, 0.717) is 33.6 Å². The fourth-order valence-corrected chi connectivity index (χ4v) is 4.46. The molecule has 2 aromatic carbocycles. The number of benzene rings is 2. The number of ether oxygens (including phenoxy) is 1. The number of fused-ring (bicyclic) bond motifs is 6. The summed E-state index contributed by atoms with van der Waals surface area (Å²) in [6.07, 6.45) is 1.49. The smallest absolute Gasteiger partial charge is 0.344 e. The molecular formula is C25H19N5O5. The third-order valence-electron chi connectivity index (χ3n) is 6.08. The highest BCUT2D eigenvalue weighted by atomic mass is 16.6. The van der Waals surface area contributed by atoms with Crippen LogP contribution in [0.1, 0.15) is 49.2 Å². The molecule has 1 unspecified atom stereocenters. The minimum atomic E-state index is -0.913. The Balaban J connectivity index is 1.76. The van der Waals surface area contributed by atoms with E-state index in [1.165, 1.54) is 16.9 Å². The zero-order valence-corrected chi connectivity index (χ0v) is 19.1. The minimum Gasteiger partial charge on any atom is -0.437 e. The number of rotatable bonds is 2. The first-order valence-corrected chi connectivity index (χ1v) is 11.0. The number of para-hydroxylation sites is 2. The van der Waals surface area contributed by atoms with E-state index in [0.717, 1.165) is 0 Å². The van der Waals surface area contributed by atoms with Gasteiger partial charge in [0.05, 0.1) is 27.4 Å². The van der Waals surface area contributed by atoms with E-state index in [4.69, 9.17) is 14.1 Å². The van der Waals surface area contributed by atoms with E-state index in [2.05, 4.69) is 10.1 Å². The molecule has 0 spiro atoms. The summed E-state index contributed by atoms with van der Waals surface area (Å²) >= 11 is 0. The van der Waals surface area contributed by atoms with Gasteiger partial charge >= 0.3 is 5.63 Å². The highest BCUT2D eigenvalue weighted by molar-refractivity contribution is 5.87. The van der Waals surface area contributed by atoms with Crippen LogP contribution in [0.4, 0.5) is 5.69 Å². The van der Waals surface area contributed by atoms with Crippen LogP contribution in [0.3, 0.4) is 0 Å². The molecule has 4 heterocycles. The minimum absolute atomic E-state index is 0.138. The molecule has 0 saturated carbocycles. The van der Waals surface area contributed by atoms with E-state index in [1.54, 1.807) is 42.5 Å². The maximum Gasteiger partial charge on any atom is 0.344 e. The van der Waals surface area contributed by atoms with Crippen molar-refractivity contribution in [2.24, 2.45) is 0 Å². The van der Waals surface area contributed by atoms with E-state index in [-0.39, 0.29) is 28.3 Å². The monoisotopic (exact) mass is 469 g/mol. The quantitative estimate of drug-likeness (QED) is 0.203. The van der Waals surface area contributed by atoms with Gasteiger partial charge in [-0.3, -0.25) is 10.1 Å². The number of aromatic nitrogens is 4. The van der Waals surface area contributed by atoms with Crippen LogP contribution in [-0.4, -0.2) is 24.5 Å². The largest absolute Gasteiger partial charge is 0.437 e. The topological polar surface area (TPSA) is 126 Å². The molecule has 0 radical (unpaired) electrons. The first kappa shape index (κ1) is 21.0. The summed E-state index contributed by atoms with van der Waals surface area (Å²) in [5, 5.41) is 17.1. The van der Waals surface area contributed by atoms with Crippen LogP contribution in [0.5, 0.6) is 11.6 Å². The molecule has 1 aliphatic rings. The second kappa shape index (κ2) is 7.20. The predicted octanol–water partition coefficient (Wildman–Crippen LogP) is 4.72. The molecule has 0 N–H and O–H groups in total. The van der Waals surface area contributed by atoms with E-state index < -0.39 is 16.5 Å². The summed E-state index contributed by atoms with van der Waals surface area (Å²) in [6, 6.07) is 13.3. The van der Waals surface area contributed by atoms with Gasteiger partial charge in [-0.2, -0.15) is 0 Å². The number of hydrogen-bond donors (Lipinski definition) is 0. The highest BCUT2D eigenvalue weighted by Gasteiger charge is 2.40. The van der Waals surface area contributed by atoms with E-state index in [1.807, 2.05) is 20.8 Å². The van der Waals surface area contributed by atoms with Gasteiger partial charge in [-0.15, -0.1) is 5.10 Å². The molecule has 1 aliphatic heterocycles. The Kier molecular flexibility index (Phi) is 4.31. The van der Waals surface area contributed by atoms with Crippen LogP contribution in [0.2, 0.25) is 0 Å². The van der Waals surface area contributed by atoms with Gasteiger partial charge in [-0.05, 0) is 12.1 Å². The van der Waals surface area contributed by atoms with Crippen molar-refractivity contribution < 1.29 is 14.1 Å². The molecule has 10 nitrogen and oxygen atoms in total. The Labute approximate surface area is 198 Å². The Hall–Kier alpha value is -4.60. The lowest BCUT2D eigenvalue weighted by Gasteiger charge is -2.27. The Morgan fingerprint density at radius 1 is 1.06 bits per heavy atom. The molecule has 174 valence electrons. The molecule has 0 saturated heterocycles. The van der Waals surface area contributed by atoms with Crippen LogP contribution in [0, 0.1) is 10.1 Å². The lowest BCUT2D eigenvalue weighted by atomic mass is 9.83. The number of nitrogens with zero attached hydrogens (tertiary/aromatic N) is 5. The van der Waals surface area contributed by atoms with Crippen molar-refractivity contribution in [2.45, 2.75) is 32.1 Å². The predicted molar refractivity (Wildman–Crippen MR) is 126 cm³/mol. The van der Waals surface area contributed by atoms with Crippen LogP contribution < -0.4 is 10.4 Å². The molecule has 0 bridgehead atoms. The molecule has 3 aromatic heterocycles. The third-order valence-corrected chi connectivity index (χ3v) is 6.08. The van der Waals surface area contributed by atoms with Gasteiger partial charge in [0.2, 0.25) is 5.88 Å². The van der Waals surface area contributed by atoms with Crippen LogP contribution in [0.25, 0.3) is 16.6 Å². The lowest BCUT2D eigenvalue weighted by Crippen LogP contribution is -2.23. The third kappa shape index (κ3) is 3.10.